The Hall–Kier alpha value is -6.32. The van der Waals surface area contributed by atoms with Gasteiger partial charge in [-0.1, -0.05) is 96.7 Å². The van der Waals surface area contributed by atoms with Gasteiger partial charge >= 0.3 is 0 Å². The molecule has 3 nitrogen and oxygen atoms in total. The lowest BCUT2D eigenvalue weighted by molar-refractivity contribution is 0.669. The maximum Gasteiger partial charge on any atom is 0.136 e. The van der Waals surface area contributed by atoms with Crippen molar-refractivity contribution in [3.8, 4) is 0 Å². The molecule has 0 spiro atoms. The van der Waals surface area contributed by atoms with Crippen LogP contribution in [0.5, 0.6) is 0 Å². The van der Waals surface area contributed by atoms with Gasteiger partial charge in [0.05, 0.1) is 41.1 Å². The summed E-state index contributed by atoms with van der Waals surface area (Å²) in [5, 5.41) is -3.76. The van der Waals surface area contributed by atoms with Crippen LogP contribution in [0.1, 0.15) is 41.1 Å². The van der Waals surface area contributed by atoms with Crippen LogP contribution in [0, 0.1) is 0 Å². The predicted octanol–water partition coefficient (Wildman–Crippen LogP) is 12.8. The molecule has 0 amide bonds. The van der Waals surface area contributed by atoms with E-state index in [1.165, 1.54) is 0 Å². The van der Waals surface area contributed by atoms with Gasteiger partial charge in [0, 0.05) is 44.9 Å². The summed E-state index contributed by atoms with van der Waals surface area (Å²) in [5.74, 6) is 0. The van der Waals surface area contributed by atoms with E-state index in [0.717, 1.165) is 0 Å². The zero-order valence-corrected chi connectivity index (χ0v) is 23.3. The highest BCUT2D eigenvalue weighted by Crippen LogP contribution is 2.42. The smallest absolute Gasteiger partial charge is 0.136 e. The Morgan fingerprint density at radius 3 is 1.47 bits per heavy atom. The fourth-order valence-electron chi connectivity index (χ4n) is 4.87. The molecule has 9 aromatic rings. The lowest BCUT2D eigenvalue weighted by Crippen LogP contribution is -2.13. The molecule has 0 atom stereocenters. The zero-order valence-electron chi connectivity index (χ0n) is 53.3. The van der Waals surface area contributed by atoms with Crippen molar-refractivity contribution in [2.45, 2.75) is 0 Å². The van der Waals surface area contributed by atoms with Crippen molar-refractivity contribution >= 4 is 77.6 Å². The van der Waals surface area contributed by atoms with Crippen LogP contribution in [0.4, 0.5) is 34.1 Å². The second kappa shape index (κ2) is 11.2. The van der Waals surface area contributed by atoms with Gasteiger partial charge in [0.15, 0.2) is 0 Å². The Balaban J connectivity index is 1.56. The Morgan fingerprint density at radius 1 is 0.319 bits per heavy atom. The van der Waals surface area contributed by atoms with Gasteiger partial charge in [0.2, 0.25) is 0 Å². The number of furan rings is 1. The third-order valence-corrected chi connectivity index (χ3v) is 6.84. The third kappa shape index (κ3) is 4.77. The number of fused-ring (bicyclic) bond motifs is 6. The number of benzene rings is 8. The number of hydrogen-bond donors (Lipinski definition) is 0. The molecule has 47 heavy (non-hydrogen) atoms. The summed E-state index contributed by atoms with van der Waals surface area (Å²) in [6.45, 7) is 0. The molecule has 9 rings (SSSR count). The second-order valence-corrected chi connectivity index (χ2v) is 9.52. The lowest BCUT2D eigenvalue weighted by Gasteiger charge is -2.29. The van der Waals surface area contributed by atoms with E-state index in [0.29, 0.717) is 9.80 Å². The van der Waals surface area contributed by atoms with Gasteiger partial charge in [-0.3, -0.25) is 0 Å². The average molecular weight is 633 g/mol. The van der Waals surface area contributed by atoms with Crippen LogP contribution in [-0.4, -0.2) is 0 Å². The highest BCUT2D eigenvalue weighted by atomic mass is 16.3. The van der Waals surface area contributed by atoms with E-state index >= 15 is 0 Å². The van der Waals surface area contributed by atoms with Gasteiger partial charge < -0.3 is 14.2 Å². The predicted molar refractivity (Wildman–Crippen MR) is 198 cm³/mol. The van der Waals surface area contributed by atoms with Crippen molar-refractivity contribution in [1.29, 1.82) is 0 Å². The zero-order chi connectivity index (χ0) is 57.3. The minimum atomic E-state index is -1.41. The van der Waals surface area contributed by atoms with Crippen LogP contribution in [0.15, 0.2) is 186 Å². The summed E-state index contributed by atoms with van der Waals surface area (Å²) in [6.07, 6.45) is 0. The summed E-state index contributed by atoms with van der Waals surface area (Å²) in [7, 11) is 0. The Morgan fingerprint density at radius 2 is 0.809 bits per heavy atom. The van der Waals surface area contributed by atoms with Crippen LogP contribution >= 0.6 is 0 Å². The van der Waals surface area contributed by atoms with E-state index < -0.39 is 259 Å². The van der Waals surface area contributed by atoms with Gasteiger partial charge in [0.25, 0.3) is 0 Å². The van der Waals surface area contributed by atoms with Crippen molar-refractivity contribution in [3.05, 3.63) is 181 Å². The Bertz CT molecular complexity index is 4090. The SMILES string of the molecule is [2H]c1c([2H])c([2H])c(N(c2c([2H])c([2H])c([2H])c([2H])c2[2H])c2c([2H])c([2H])c([2H])c(N(c3c([2H])c([2H])c([2H])c([2H])c3[2H])c3c([2H])c([2H])c4c([2H])c([2H])c5c([2H])c6oc7c([2H])c([2H])c([2H])c([2H])c7c6c([2H])c5c4c3[2H])c2[2H])c([2H])c1[2H]. The third-order valence-electron chi connectivity index (χ3n) is 6.84. The number of para-hydroxylation sites is 4. The summed E-state index contributed by atoms with van der Waals surface area (Å²) in [5.41, 5.74) is -8.12. The van der Waals surface area contributed by atoms with Crippen LogP contribution in [0.25, 0.3) is 43.5 Å². The molecular formula is C44H30N2O. The molecule has 0 saturated heterocycles. The highest BCUT2D eigenvalue weighted by Gasteiger charge is 2.18. The monoisotopic (exact) mass is 632 g/mol. The molecule has 0 radical (unpaired) electrons. The van der Waals surface area contributed by atoms with E-state index in [4.69, 9.17) is 30.5 Å². The minimum Gasteiger partial charge on any atom is -0.456 e. The maximum atomic E-state index is 10.0. The van der Waals surface area contributed by atoms with Gasteiger partial charge in [-0.2, -0.15) is 0 Å². The standard InChI is InChI=1S/C44H30N2O/c1-4-13-33(14-5-1)45(34-15-6-2-7-16-34)36-19-12-20-37(28-36)46(35-17-8-3-9-18-35)38-26-25-31-23-24-32-27-44-42(30-41(32)40(31)29-38)39-21-10-11-22-43(39)47-44/h1-30H/i1D,2D,3D,4D,5D,6D,7D,8D,9D,10D,11D,12D,13D,14D,15D,16D,17D,18D,19D,20D,21D,22D,23D,24D,25D,26D,27D,28D,29D,30D. The van der Waals surface area contributed by atoms with E-state index in [-0.39, 0.29) is 0 Å². The highest BCUT2D eigenvalue weighted by molar-refractivity contribution is 6.17. The van der Waals surface area contributed by atoms with Crippen molar-refractivity contribution in [2.75, 3.05) is 9.80 Å². The first kappa shape index (κ1) is 10.3. The molecule has 0 aliphatic carbocycles. The Kier molecular flexibility index (Phi) is 2.47. The molecule has 0 fully saturated rings. The van der Waals surface area contributed by atoms with Gasteiger partial charge in [0.1, 0.15) is 11.2 Å². The second-order valence-electron chi connectivity index (χ2n) is 9.52. The molecule has 0 aliphatic heterocycles. The van der Waals surface area contributed by atoms with Gasteiger partial charge in [-0.05, 0) is 106 Å². The molecule has 8 aromatic carbocycles. The molecule has 0 unspecified atom stereocenters. The molecule has 1 aromatic heterocycles. The fraction of sp³-hybridized carbons (Fsp3) is 0. The van der Waals surface area contributed by atoms with E-state index in [9.17, 15) is 15.1 Å². The molecule has 222 valence electrons. The summed E-state index contributed by atoms with van der Waals surface area (Å²) in [4.78, 5) is 0.590. The average Bonchev–Trinajstić information content (AvgIpc) is 3.82. The molecule has 0 aliphatic rings. The molecule has 0 bridgehead atoms. The number of hydrogen-bond acceptors (Lipinski definition) is 3. The van der Waals surface area contributed by atoms with Crippen molar-refractivity contribution in [1.82, 2.24) is 0 Å². The van der Waals surface area contributed by atoms with Gasteiger partial charge in [-0.25, -0.2) is 0 Å². The normalized spacial score (nSPS) is 20.3. The van der Waals surface area contributed by atoms with Crippen LogP contribution in [-0.2, 0) is 0 Å². The minimum absolute atomic E-state index is 0.290. The largest absolute Gasteiger partial charge is 0.456 e. The van der Waals surface area contributed by atoms with E-state index in [1.807, 2.05) is 0 Å². The summed E-state index contributed by atoms with van der Waals surface area (Å²) < 4.78 is 274. The Labute approximate surface area is 315 Å². The number of rotatable bonds is 6. The molecule has 3 heteroatoms. The van der Waals surface area contributed by atoms with Gasteiger partial charge in [-0.15, -0.1) is 0 Å². The summed E-state index contributed by atoms with van der Waals surface area (Å²) in [6, 6.07) is -32.2. The maximum absolute atomic E-state index is 10.0. The molecular weight excluding hydrogens is 572 g/mol. The topological polar surface area (TPSA) is 19.6 Å². The van der Waals surface area contributed by atoms with Crippen LogP contribution in [0.2, 0.25) is 0 Å². The first-order valence-corrected chi connectivity index (χ1v) is 13.5. The van der Waals surface area contributed by atoms with Crippen molar-refractivity contribution < 1.29 is 45.5 Å². The van der Waals surface area contributed by atoms with Crippen molar-refractivity contribution in [2.24, 2.45) is 0 Å². The molecule has 0 N–H and O–H groups in total. The lowest BCUT2D eigenvalue weighted by atomic mass is 9.99. The number of nitrogens with zero attached hydrogens (tertiary/aromatic N) is 2. The molecule has 0 saturated carbocycles. The first-order valence-electron chi connectivity index (χ1n) is 28.5. The first-order chi connectivity index (χ1) is 35.8. The summed E-state index contributed by atoms with van der Waals surface area (Å²) >= 11 is 0. The number of anilines is 6. The molecule has 1 heterocycles. The fourth-order valence-corrected chi connectivity index (χ4v) is 4.87. The van der Waals surface area contributed by atoms with Crippen LogP contribution < -0.4 is 9.80 Å². The van der Waals surface area contributed by atoms with Crippen LogP contribution in [0.3, 0.4) is 0 Å². The van der Waals surface area contributed by atoms with Crippen molar-refractivity contribution in [3.63, 3.8) is 0 Å². The van der Waals surface area contributed by atoms with E-state index in [1.54, 1.807) is 0 Å². The van der Waals surface area contributed by atoms with E-state index in [2.05, 4.69) is 0 Å². The quantitative estimate of drug-likeness (QED) is 0.170.